The maximum Gasteiger partial charge on any atom is 0.216 e. The quantitative estimate of drug-likeness (QED) is 0.200. The lowest BCUT2D eigenvalue weighted by Gasteiger charge is -2.35. The van der Waals surface area contributed by atoms with Gasteiger partial charge in [0.25, 0.3) is 0 Å². The molecular formula is C39H36N4O2. The van der Waals surface area contributed by atoms with Gasteiger partial charge in [-0.3, -0.25) is 9.55 Å². The van der Waals surface area contributed by atoms with E-state index in [1.807, 2.05) is 42.7 Å². The van der Waals surface area contributed by atoms with E-state index in [-0.39, 0.29) is 11.5 Å². The number of hydrogen-bond donors (Lipinski definition) is 0. The average Bonchev–Trinajstić information content (AvgIpc) is 3.66. The second kappa shape index (κ2) is 10.0. The summed E-state index contributed by atoms with van der Waals surface area (Å²) in [6.45, 7) is 13.8. The van der Waals surface area contributed by atoms with Crippen LogP contribution < -0.4 is 4.74 Å². The van der Waals surface area contributed by atoms with Crippen LogP contribution in [0.4, 0.5) is 0 Å². The Balaban J connectivity index is 1.30. The summed E-state index contributed by atoms with van der Waals surface area (Å²) in [4.78, 5) is 14.5. The molecule has 3 aromatic carbocycles. The third-order valence-electron chi connectivity index (χ3n) is 9.43. The van der Waals surface area contributed by atoms with Gasteiger partial charge in [0.05, 0.1) is 22.9 Å². The maximum absolute atomic E-state index is 6.80. The second-order valence-electron chi connectivity index (χ2n) is 13.3. The standard InChI is InChI=1S/C39H36N4O2/c1-22(2)33-21-44-38(42-33)26-16-25(32-12-7-8-13-40-32)17-27(18-26)45-35-19-34-31(15-24(35)4)39(5,6)30-11-9-10-28-29-14-23(3)20-41-37(29)43(34)36(28)30/h7-20,22,33H,21H2,1-6H3/t33-/m0/s1. The zero-order valence-electron chi connectivity index (χ0n) is 26.6. The van der Waals surface area contributed by atoms with Gasteiger partial charge in [-0.2, -0.15) is 0 Å². The molecule has 2 aliphatic rings. The summed E-state index contributed by atoms with van der Waals surface area (Å²) in [5.41, 5.74) is 10.6. The molecule has 0 saturated heterocycles. The zero-order chi connectivity index (χ0) is 31.0. The third kappa shape index (κ3) is 4.34. The average molecular weight is 593 g/mol. The van der Waals surface area contributed by atoms with Crippen LogP contribution in [0.25, 0.3) is 38.9 Å². The van der Waals surface area contributed by atoms with Crippen LogP contribution in [0.2, 0.25) is 0 Å². The normalized spacial score (nSPS) is 16.6. The highest BCUT2D eigenvalue weighted by Gasteiger charge is 2.36. The van der Waals surface area contributed by atoms with Crippen LogP contribution in [0.15, 0.2) is 90.2 Å². The van der Waals surface area contributed by atoms with Crippen LogP contribution in [-0.2, 0) is 10.2 Å². The van der Waals surface area contributed by atoms with Crippen LogP contribution in [0.5, 0.6) is 11.5 Å². The topological polar surface area (TPSA) is 61.5 Å². The van der Waals surface area contributed by atoms with E-state index in [9.17, 15) is 0 Å². The van der Waals surface area contributed by atoms with Crippen molar-refractivity contribution in [2.24, 2.45) is 10.9 Å². The van der Waals surface area contributed by atoms with Gasteiger partial charge in [-0.05, 0) is 84.5 Å². The van der Waals surface area contributed by atoms with Gasteiger partial charge in [0.15, 0.2) is 0 Å². The van der Waals surface area contributed by atoms with Crippen molar-refractivity contribution < 1.29 is 9.47 Å². The minimum Gasteiger partial charge on any atom is -0.475 e. The first-order valence-corrected chi connectivity index (χ1v) is 15.7. The summed E-state index contributed by atoms with van der Waals surface area (Å²) in [5.74, 6) is 2.56. The van der Waals surface area contributed by atoms with E-state index >= 15 is 0 Å². The van der Waals surface area contributed by atoms with Gasteiger partial charge in [-0.1, -0.05) is 52.0 Å². The Morgan fingerprint density at radius 3 is 2.51 bits per heavy atom. The molecule has 0 saturated carbocycles. The third-order valence-corrected chi connectivity index (χ3v) is 9.43. The molecule has 2 aliphatic heterocycles. The van der Waals surface area contributed by atoms with Crippen LogP contribution in [-0.4, -0.2) is 33.1 Å². The van der Waals surface area contributed by atoms with Crippen LogP contribution in [0.1, 0.15) is 55.5 Å². The van der Waals surface area contributed by atoms with Gasteiger partial charge in [-0.25, -0.2) is 9.98 Å². The number of aryl methyl sites for hydroxylation is 2. The Bertz CT molecular complexity index is 2180. The summed E-state index contributed by atoms with van der Waals surface area (Å²) in [6, 6.07) is 25.6. The van der Waals surface area contributed by atoms with Gasteiger partial charge >= 0.3 is 0 Å². The lowest BCUT2D eigenvalue weighted by molar-refractivity contribution is 0.292. The van der Waals surface area contributed by atoms with Gasteiger partial charge in [0.2, 0.25) is 5.90 Å². The van der Waals surface area contributed by atoms with Crippen molar-refractivity contribution in [3.8, 4) is 28.4 Å². The van der Waals surface area contributed by atoms with E-state index in [1.165, 1.54) is 27.4 Å². The number of pyridine rings is 2. The van der Waals surface area contributed by atoms with Gasteiger partial charge < -0.3 is 9.47 Å². The molecule has 0 amide bonds. The van der Waals surface area contributed by atoms with E-state index in [1.54, 1.807) is 0 Å². The molecular weight excluding hydrogens is 556 g/mol. The monoisotopic (exact) mass is 592 g/mol. The maximum atomic E-state index is 6.80. The minimum atomic E-state index is -0.200. The number of rotatable bonds is 5. The van der Waals surface area contributed by atoms with E-state index in [2.05, 4.69) is 93.6 Å². The number of para-hydroxylation sites is 1. The molecule has 0 aliphatic carbocycles. The molecule has 0 radical (unpaired) electrons. The molecule has 0 bridgehead atoms. The minimum absolute atomic E-state index is 0.141. The number of aliphatic imine (C=N–C) groups is 1. The van der Waals surface area contributed by atoms with Crippen molar-refractivity contribution in [1.82, 2.24) is 14.5 Å². The summed E-state index contributed by atoms with van der Waals surface area (Å²) < 4.78 is 15.2. The Hall–Kier alpha value is -4.97. The highest BCUT2D eigenvalue weighted by molar-refractivity contribution is 6.10. The van der Waals surface area contributed by atoms with Gasteiger partial charge in [0.1, 0.15) is 23.8 Å². The lowest BCUT2D eigenvalue weighted by Crippen LogP contribution is -2.26. The van der Waals surface area contributed by atoms with E-state index < -0.39 is 0 Å². The highest BCUT2D eigenvalue weighted by Crippen LogP contribution is 2.49. The van der Waals surface area contributed by atoms with E-state index in [0.717, 1.165) is 45.0 Å². The fraction of sp³-hybridized carbons (Fsp3) is 0.256. The molecule has 224 valence electrons. The molecule has 6 nitrogen and oxygen atoms in total. The number of hydrogen-bond acceptors (Lipinski definition) is 5. The fourth-order valence-corrected chi connectivity index (χ4v) is 6.88. The SMILES string of the molecule is Cc1cnc2c(c1)c1cccc3c1n2-c1cc(Oc2cc(C4=N[C@H](C(C)C)CO4)cc(-c4ccccn4)c2)c(C)cc1C3(C)C. The van der Waals surface area contributed by atoms with Gasteiger partial charge in [-0.15, -0.1) is 0 Å². The van der Waals surface area contributed by atoms with Crippen molar-refractivity contribution in [1.29, 1.82) is 0 Å². The molecule has 3 aromatic heterocycles. The molecule has 6 aromatic rings. The Kier molecular flexibility index (Phi) is 6.14. The molecule has 1 atom stereocenters. The van der Waals surface area contributed by atoms with Gasteiger partial charge in [0, 0.05) is 45.8 Å². The molecule has 0 fully saturated rings. The number of nitrogens with zero attached hydrogens (tertiary/aromatic N) is 4. The summed E-state index contributed by atoms with van der Waals surface area (Å²) >= 11 is 0. The number of aromatic nitrogens is 3. The molecule has 0 N–H and O–H groups in total. The zero-order valence-corrected chi connectivity index (χ0v) is 26.6. The van der Waals surface area contributed by atoms with Crippen molar-refractivity contribution in [3.63, 3.8) is 0 Å². The highest BCUT2D eigenvalue weighted by atomic mass is 16.5. The first-order valence-electron chi connectivity index (χ1n) is 15.7. The molecule has 45 heavy (non-hydrogen) atoms. The van der Waals surface area contributed by atoms with E-state index in [4.69, 9.17) is 19.5 Å². The molecule has 0 spiro atoms. The van der Waals surface area contributed by atoms with Crippen LogP contribution in [0.3, 0.4) is 0 Å². The second-order valence-corrected chi connectivity index (χ2v) is 13.3. The molecule has 5 heterocycles. The number of ether oxygens (including phenoxy) is 2. The molecule has 0 unspecified atom stereocenters. The summed E-state index contributed by atoms with van der Waals surface area (Å²) in [6.07, 6.45) is 3.77. The van der Waals surface area contributed by atoms with Crippen molar-refractivity contribution in [2.75, 3.05) is 6.61 Å². The van der Waals surface area contributed by atoms with E-state index in [0.29, 0.717) is 24.2 Å². The predicted octanol–water partition coefficient (Wildman–Crippen LogP) is 9.09. The van der Waals surface area contributed by atoms with Crippen molar-refractivity contribution >= 4 is 27.8 Å². The molecule has 8 rings (SSSR count). The van der Waals surface area contributed by atoms with Crippen LogP contribution >= 0.6 is 0 Å². The first kappa shape index (κ1) is 27.6. The number of benzene rings is 3. The summed E-state index contributed by atoms with van der Waals surface area (Å²) in [5, 5.41) is 2.40. The smallest absolute Gasteiger partial charge is 0.216 e. The Morgan fingerprint density at radius 2 is 1.73 bits per heavy atom. The van der Waals surface area contributed by atoms with Crippen LogP contribution in [0, 0.1) is 19.8 Å². The van der Waals surface area contributed by atoms with Crippen molar-refractivity contribution in [3.05, 3.63) is 113 Å². The molecule has 6 heteroatoms. The number of fused-ring (bicyclic) bond motifs is 5. The lowest BCUT2D eigenvalue weighted by atomic mass is 9.74. The predicted molar refractivity (Wildman–Crippen MR) is 181 cm³/mol. The largest absolute Gasteiger partial charge is 0.475 e. The summed E-state index contributed by atoms with van der Waals surface area (Å²) in [7, 11) is 0. The van der Waals surface area contributed by atoms with Crippen molar-refractivity contribution in [2.45, 2.75) is 53.0 Å². The Morgan fingerprint density at radius 1 is 0.889 bits per heavy atom. The fourth-order valence-electron chi connectivity index (χ4n) is 6.88. The first-order chi connectivity index (χ1) is 21.7. The Labute approximate surface area is 263 Å².